The van der Waals surface area contributed by atoms with Crippen molar-refractivity contribution in [3.8, 4) is 17.6 Å². The van der Waals surface area contributed by atoms with Crippen LogP contribution in [0, 0.1) is 11.3 Å². The number of anilines is 1. The molecular formula is C19H16F3N7O4S. The van der Waals surface area contributed by atoms with Gasteiger partial charge in [-0.2, -0.15) is 14.9 Å². The summed E-state index contributed by atoms with van der Waals surface area (Å²) in [6.45, 7) is 1.50. The summed E-state index contributed by atoms with van der Waals surface area (Å²) in [5, 5.41) is 15.4. The molecule has 0 aliphatic rings. The maximum absolute atomic E-state index is 12.8. The number of nitrogen functional groups attached to an aromatic ring is 1. The number of pyridine rings is 1. The molecule has 15 heteroatoms. The van der Waals surface area contributed by atoms with E-state index < -0.39 is 44.4 Å². The molecule has 0 aliphatic heterocycles. The molecule has 1 atom stereocenters. The molecule has 0 radical (unpaired) electrons. The summed E-state index contributed by atoms with van der Waals surface area (Å²) in [6.07, 6.45) is -3.03. The second-order valence-corrected chi connectivity index (χ2v) is 8.98. The number of aromatic nitrogens is 4. The number of carbonyl (C=O) groups is 1. The van der Waals surface area contributed by atoms with E-state index in [1.807, 2.05) is 6.07 Å². The maximum atomic E-state index is 12.8. The molecule has 0 saturated heterocycles. The molecule has 0 unspecified atom stereocenters. The Bertz CT molecular complexity index is 1380. The summed E-state index contributed by atoms with van der Waals surface area (Å²) in [5.41, 5.74) is 5.57. The molecule has 11 nitrogen and oxygen atoms in total. The lowest BCUT2D eigenvalue weighted by molar-refractivity contribution is -0.274. The number of halogens is 3. The zero-order chi connectivity index (χ0) is 25.3. The topological polar surface area (TPSA) is 166 Å². The number of rotatable bonds is 6. The molecule has 0 spiro atoms. The quantitative estimate of drug-likeness (QED) is 0.519. The largest absolute Gasteiger partial charge is 0.573 e. The summed E-state index contributed by atoms with van der Waals surface area (Å²) < 4.78 is 66.8. The van der Waals surface area contributed by atoms with Crippen molar-refractivity contribution in [2.24, 2.45) is 0 Å². The van der Waals surface area contributed by atoms with Crippen molar-refractivity contribution in [3.63, 3.8) is 0 Å². The number of ether oxygens (including phenoxy) is 1. The zero-order valence-corrected chi connectivity index (χ0v) is 18.3. The van der Waals surface area contributed by atoms with E-state index in [-0.39, 0.29) is 17.6 Å². The molecule has 0 fully saturated rings. The van der Waals surface area contributed by atoms with Crippen molar-refractivity contribution in [2.75, 3.05) is 12.0 Å². The third kappa shape index (κ3) is 5.78. The van der Waals surface area contributed by atoms with E-state index in [9.17, 15) is 26.4 Å². The Kier molecular flexibility index (Phi) is 6.46. The Morgan fingerprint density at radius 1 is 1.29 bits per heavy atom. The number of nitrogens with one attached hydrogen (secondary N) is 1. The summed E-state index contributed by atoms with van der Waals surface area (Å²) in [4.78, 5) is 20.4. The van der Waals surface area contributed by atoms with E-state index in [0.29, 0.717) is 11.6 Å². The molecule has 1 aromatic carbocycles. The van der Waals surface area contributed by atoms with Crippen LogP contribution in [-0.4, -0.2) is 46.7 Å². The highest BCUT2D eigenvalue weighted by Gasteiger charge is 2.32. The Balaban J connectivity index is 1.93. The van der Waals surface area contributed by atoms with Gasteiger partial charge in [0.1, 0.15) is 11.8 Å². The second kappa shape index (κ2) is 8.98. The van der Waals surface area contributed by atoms with Crippen molar-refractivity contribution in [2.45, 2.75) is 24.2 Å². The number of hydrogen-bond donors (Lipinski definition) is 2. The smallest absolute Gasteiger partial charge is 0.406 e. The average Bonchev–Trinajstić information content (AvgIpc) is 3.13. The predicted molar refractivity (Wildman–Crippen MR) is 110 cm³/mol. The number of alkyl halides is 3. The molecule has 1 amide bonds. The first kappa shape index (κ1) is 24.5. The molecule has 2 heterocycles. The predicted octanol–water partition coefficient (Wildman–Crippen LogP) is 1.91. The van der Waals surface area contributed by atoms with E-state index in [1.54, 1.807) is 0 Å². The van der Waals surface area contributed by atoms with Gasteiger partial charge in [-0.25, -0.2) is 13.4 Å². The van der Waals surface area contributed by atoms with Crippen LogP contribution in [0.15, 0.2) is 41.4 Å². The number of nitriles is 1. The first-order valence-electron chi connectivity index (χ1n) is 9.27. The fourth-order valence-electron chi connectivity index (χ4n) is 2.82. The van der Waals surface area contributed by atoms with Crippen LogP contribution in [-0.2, 0) is 9.84 Å². The number of carbonyl (C=O) groups excluding carboxylic acids is 1. The van der Waals surface area contributed by atoms with Crippen molar-refractivity contribution in [1.29, 1.82) is 5.26 Å². The van der Waals surface area contributed by atoms with Crippen LogP contribution in [0.3, 0.4) is 0 Å². The van der Waals surface area contributed by atoms with Crippen LogP contribution in [0.2, 0.25) is 0 Å². The minimum absolute atomic E-state index is 0.120. The number of hydrogen-bond acceptors (Lipinski definition) is 9. The summed E-state index contributed by atoms with van der Waals surface area (Å²) in [5.74, 6) is -1.58. The first-order valence-corrected chi connectivity index (χ1v) is 11.2. The van der Waals surface area contributed by atoms with E-state index in [1.165, 1.54) is 29.9 Å². The lowest BCUT2D eigenvalue weighted by Gasteiger charge is -2.16. The fourth-order valence-corrected chi connectivity index (χ4v) is 3.49. The average molecular weight is 495 g/mol. The van der Waals surface area contributed by atoms with Crippen LogP contribution in [0.4, 0.5) is 19.1 Å². The Labute approximate surface area is 190 Å². The number of amides is 1. The molecule has 3 N–H and O–H groups in total. The number of sulfone groups is 1. The van der Waals surface area contributed by atoms with E-state index in [4.69, 9.17) is 11.0 Å². The van der Waals surface area contributed by atoms with Gasteiger partial charge in [-0.15, -0.1) is 18.3 Å². The van der Waals surface area contributed by atoms with Crippen molar-refractivity contribution in [1.82, 2.24) is 25.1 Å². The zero-order valence-electron chi connectivity index (χ0n) is 17.5. The highest BCUT2D eigenvalue weighted by molar-refractivity contribution is 7.90. The molecule has 0 aliphatic carbocycles. The first-order chi connectivity index (χ1) is 15.8. The van der Waals surface area contributed by atoms with Crippen LogP contribution in [0.1, 0.15) is 34.7 Å². The minimum Gasteiger partial charge on any atom is -0.406 e. The number of nitrogens with two attached hydrogens (primary N) is 1. The molecule has 0 bridgehead atoms. The summed E-state index contributed by atoms with van der Waals surface area (Å²) >= 11 is 0. The third-order valence-corrected chi connectivity index (χ3v) is 5.37. The van der Waals surface area contributed by atoms with Crippen LogP contribution < -0.4 is 15.8 Å². The van der Waals surface area contributed by atoms with E-state index >= 15 is 0 Å². The molecular weight excluding hydrogens is 479 g/mol. The van der Waals surface area contributed by atoms with Gasteiger partial charge in [0.2, 0.25) is 5.95 Å². The van der Waals surface area contributed by atoms with Crippen LogP contribution in [0.5, 0.6) is 5.75 Å². The standard InChI is InChI=1S/C19H16F3N7O4S/c1-10(16-27-18(24)28-29(16)15-4-3-11(8-23)9-25-15)26-17(30)12-5-13(33-19(20,21)22)7-14(6-12)34(2,31)32/h3-7,9-10H,1-2H3,(H2,24,28)(H,26,30)/t10-/m0/s1. The Morgan fingerprint density at radius 3 is 2.56 bits per heavy atom. The maximum Gasteiger partial charge on any atom is 0.573 e. The normalized spacial score (nSPS) is 12.6. The second-order valence-electron chi connectivity index (χ2n) is 6.97. The van der Waals surface area contributed by atoms with Gasteiger partial charge in [0.05, 0.1) is 16.5 Å². The summed E-state index contributed by atoms with van der Waals surface area (Å²) in [7, 11) is -3.96. The van der Waals surface area contributed by atoms with Gasteiger partial charge >= 0.3 is 6.36 Å². The van der Waals surface area contributed by atoms with Crippen LogP contribution in [0.25, 0.3) is 5.82 Å². The van der Waals surface area contributed by atoms with Gasteiger partial charge in [0, 0.05) is 18.0 Å². The molecule has 3 aromatic rings. The lowest BCUT2D eigenvalue weighted by Crippen LogP contribution is -2.29. The molecule has 2 aromatic heterocycles. The van der Waals surface area contributed by atoms with Crippen molar-refractivity contribution in [3.05, 3.63) is 53.5 Å². The van der Waals surface area contributed by atoms with Gasteiger partial charge in [0.25, 0.3) is 5.91 Å². The third-order valence-electron chi connectivity index (χ3n) is 4.28. The molecule has 3 rings (SSSR count). The van der Waals surface area contributed by atoms with Gasteiger partial charge in [-0.1, -0.05) is 0 Å². The molecule has 34 heavy (non-hydrogen) atoms. The number of nitrogens with zero attached hydrogens (tertiary/aromatic N) is 5. The Hall–Kier alpha value is -4.19. The molecule has 0 saturated carbocycles. The van der Waals surface area contributed by atoms with Gasteiger partial charge < -0.3 is 15.8 Å². The van der Waals surface area contributed by atoms with Crippen molar-refractivity contribution >= 4 is 21.7 Å². The highest BCUT2D eigenvalue weighted by atomic mass is 32.2. The van der Waals surface area contributed by atoms with Gasteiger partial charge in [-0.3, -0.25) is 4.79 Å². The fraction of sp³-hybridized carbons (Fsp3) is 0.211. The van der Waals surface area contributed by atoms with E-state index in [0.717, 1.165) is 18.4 Å². The summed E-state index contributed by atoms with van der Waals surface area (Å²) in [6, 6.07) is 6.30. The highest BCUT2D eigenvalue weighted by Crippen LogP contribution is 2.27. The minimum atomic E-state index is -5.10. The lowest BCUT2D eigenvalue weighted by atomic mass is 10.2. The van der Waals surface area contributed by atoms with Gasteiger partial charge in [0.15, 0.2) is 21.5 Å². The monoisotopic (exact) mass is 495 g/mol. The van der Waals surface area contributed by atoms with Crippen LogP contribution >= 0.6 is 0 Å². The Morgan fingerprint density at radius 2 is 2.00 bits per heavy atom. The number of benzene rings is 1. The van der Waals surface area contributed by atoms with Crippen molar-refractivity contribution < 1.29 is 31.1 Å². The molecule has 178 valence electrons. The van der Waals surface area contributed by atoms with Gasteiger partial charge in [-0.05, 0) is 37.3 Å². The van der Waals surface area contributed by atoms with E-state index in [2.05, 4.69) is 25.1 Å². The SMILES string of the molecule is C[C@H](NC(=O)c1cc(OC(F)(F)F)cc(S(C)(=O)=O)c1)c1nc(N)nn1-c1ccc(C#N)cn1.